The van der Waals surface area contributed by atoms with Gasteiger partial charge in [-0.3, -0.25) is 4.79 Å². The average Bonchev–Trinajstić information content (AvgIpc) is 3.22. The first-order chi connectivity index (χ1) is 12.4. The van der Waals surface area contributed by atoms with E-state index < -0.39 is 0 Å². The van der Waals surface area contributed by atoms with Crippen LogP contribution in [0.5, 0.6) is 5.75 Å². The Kier molecular flexibility index (Phi) is 5.46. The Bertz CT molecular complexity index is 879. The molecule has 0 saturated carbocycles. The molecule has 0 unspecified atom stereocenters. The number of aryl methyl sites for hydroxylation is 2. The lowest BCUT2D eigenvalue weighted by Crippen LogP contribution is -2.26. The van der Waals surface area contributed by atoms with Crippen molar-refractivity contribution in [1.82, 2.24) is 10.1 Å². The van der Waals surface area contributed by atoms with E-state index in [9.17, 15) is 4.79 Å². The second-order valence-electron chi connectivity index (χ2n) is 5.97. The number of rotatable bonds is 6. The van der Waals surface area contributed by atoms with E-state index in [4.69, 9.17) is 13.7 Å². The van der Waals surface area contributed by atoms with Gasteiger partial charge in [0, 0.05) is 17.1 Å². The zero-order valence-corrected chi connectivity index (χ0v) is 16.4. The lowest BCUT2D eigenvalue weighted by Gasteiger charge is -2.15. The molecular formula is C19H19BrN2O4. The molecule has 0 radical (unpaired) electrons. The van der Waals surface area contributed by atoms with Gasteiger partial charge in [0.15, 0.2) is 5.76 Å². The monoisotopic (exact) mass is 418 g/mol. The van der Waals surface area contributed by atoms with Gasteiger partial charge in [-0.05, 0) is 50.2 Å². The Labute approximate surface area is 159 Å². The van der Waals surface area contributed by atoms with Gasteiger partial charge in [-0.25, -0.2) is 0 Å². The molecule has 0 bridgehead atoms. The van der Waals surface area contributed by atoms with Gasteiger partial charge in [0.2, 0.25) is 0 Å². The normalized spacial score (nSPS) is 10.8. The molecule has 6 nitrogen and oxygen atoms in total. The molecule has 0 aliphatic heterocycles. The summed E-state index contributed by atoms with van der Waals surface area (Å²) in [5, 5.41) is 3.91. The van der Waals surface area contributed by atoms with Crippen molar-refractivity contribution in [2.24, 2.45) is 0 Å². The number of ether oxygens (including phenoxy) is 1. The third-order valence-electron chi connectivity index (χ3n) is 3.99. The molecule has 0 N–H and O–H groups in total. The van der Waals surface area contributed by atoms with Crippen LogP contribution in [0.4, 0.5) is 0 Å². The summed E-state index contributed by atoms with van der Waals surface area (Å²) in [6, 6.07) is 10.9. The molecule has 26 heavy (non-hydrogen) atoms. The zero-order chi connectivity index (χ0) is 18.7. The van der Waals surface area contributed by atoms with Crippen LogP contribution in [-0.4, -0.2) is 23.0 Å². The molecule has 136 valence electrons. The highest BCUT2D eigenvalue weighted by molar-refractivity contribution is 9.10. The third-order valence-corrected chi connectivity index (χ3v) is 4.52. The van der Waals surface area contributed by atoms with Crippen LogP contribution in [0.15, 0.2) is 49.8 Å². The van der Waals surface area contributed by atoms with Crippen molar-refractivity contribution in [3.8, 4) is 5.75 Å². The summed E-state index contributed by atoms with van der Waals surface area (Å²) < 4.78 is 17.4. The highest BCUT2D eigenvalue weighted by atomic mass is 79.9. The number of aromatic nitrogens is 1. The Morgan fingerprint density at radius 2 is 1.92 bits per heavy atom. The summed E-state index contributed by atoms with van der Waals surface area (Å²) in [6.45, 7) is 4.35. The Morgan fingerprint density at radius 1 is 1.19 bits per heavy atom. The van der Waals surface area contributed by atoms with E-state index >= 15 is 0 Å². The quantitative estimate of drug-likeness (QED) is 0.589. The number of halogens is 1. The van der Waals surface area contributed by atoms with Crippen molar-refractivity contribution in [1.29, 1.82) is 0 Å². The first kappa shape index (κ1) is 18.3. The number of carbonyl (C=O) groups excluding carboxylic acids is 1. The molecule has 1 aromatic carbocycles. The molecule has 1 amide bonds. The molecular weight excluding hydrogens is 400 g/mol. The molecule has 0 fully saturated rings. The molecule has 7 heteroatoms. The van der Waals surface area contributed by atoms with E-state index in [2.05, 4.69) is 21.1 Å². The van der Waals surface area contributed by atoms with Crippen LogP contribution < -0.4 is 4.74 Å². The number of furan rings is 1. The van der Waals surface area contributed by atoms with Gasteiger partial charge < -0.3 is 18.6 Å². The summed E-state index contributed by atoms with van der Waals surface area (Å²) in [5.74, 6) is 2.09. The van der Waals surface area contributed by atoms with Gasteiger partial charge in [-0.15, -0.1) is 0 Å². The zero-order valence-electron chi connectivity index (χ0n) is 14.8. The fourth-order valence-electron chi connectivity index (χ4n) is 2.48. The number of benzene rings is 1. The summed E-state index contributed by atoms with van der Waals surface area (Å²) in [7, 11) is 1.72. The van der Waals surface area contributed by atoms with Gasteiger partial charge in [0.25, 0.3) is 5.91 Å². The second-order valence-corrected chi connectivity index (χ2v) is 6.89. The van der Waals surface area contributed by atoms with Crippen molar-refractivity contribution in [3.63, 3.8) is 0 Å². The van der Waals surface area contributed by atoms with E-state index in [0.29, 0.717) is 18.1 Å². The molecule has 0 aliphatic carbocycles. The molecule has 0 aliphatic rings. The third kappa shape index (κ3) is 4.16. The highest BCUT2D eigenvalue weighted by Gasteiger charge is 2.19. The van der Waals surface area contributed by atoms with E-state index in [0.717, 1.165) is 21.5 Å². The van der Waals surface area contributed by atoms with Gasteiger partial charge in [-0.2, -0.15) is 0 Å². The predicted octanol–water partition coefficient (Wildman–Crippen LogP) is 4.50. The Hall–Kier alpha value is -2.54. The highest BCUT2D eigenvalue weighted by Crippen LogP contribution is 2.19. The minimum atomic E-state index is -0.208. The van der Waals surface area contributed by atoms with Crippen LogP contribution in [0, 0.1) is 13.8 Å². The van der Waals surface area contributed by atoms with Crippen molar-refractivity contribution in [3.05, 3.63) is 69.4 Å². The van der Waals surface area contributed by atoms with Crippen LogP contribution in [0.2, 0.25) is 0 Å². The first-order valence-corrected chi connectivity index (χ1v) is 8.87. The summed E-state index contributed by atoms with van der Waals surface area (Å²) in [6.07, 6.45) is 0. The van der Waals surface area contributed by atoms with Gasteiger partial charge in [-0.1, -0.05) is 21.1 Å². The summed E-state index contributed by atoms with van der Waals surface area (Å²) in [4.78, 5) is 14.1. The van der Waals surface area contributed by atoms with Crippen LogP contribution in [-0.2, 0) is 13.2 Å². The van der Waals surface area contributed by atoms with Crippen LogP contribution >= 0.6 is 15.9 Å². The van der Waals surface area contributed by atoms with Crippen molar-refractivity contribution in [2.75, 3.05) is 7.05 Å². The van der Waals surface area contributed by atoms with Gasteiger partial charge in [0.1, 0.15) is 23.9 Å². The average molecular weight is 419 g/mol. The maximum atomic E-state index is 12.6. The lowest BCUT2D eigenvalue weighted by molar-refractivity contribution is 0.0748. The maximum Gasteiger partial charge on any atom is 0.289 e. The lowest BCUT2D eigenvalue weighted by atomic mass is 10.2. The van der Waals surface area contributed by atoms with E-state index in [1.807, 2.05) is 38.1 Å². The number of hydrogen-bond acceptors (Lipinski definition) is 5. The van der Waals surface area contributed by atoms with E-state index in [1.54, 1.807) is 24.1 Å². The molecule has 0 spiro atoms. The molecule has 0 saturated heterocycles. The predicted molar refractivity (Wildman–Crippen MR) is 99.0 cm³/mol. The minimum Gasteiger partial charge on any atom is -0.486 e. The van der Waals surface area contributed by atoms with Crippen molar-refractivity contribution >= 4 is 21.8 Å². The number of amides is 1. The largest absolute Gasteiger partial charge is 0.486 e. The standard InChI is InChI=1S/C19H19BrN2O4/c1-12-17(13(2)26-21-12)10-22(3)19(23)18-9-8-16(25-18)11-24-15-6-4-14(20)5-7-15/h4-9H,10-11H2,1-3H3. The second kappa shape index (κ2) is 7.78. The molecule has 3 rings (SSSR count). The van der Waals surface area contributed by atoms with Crippen LogP contribution in [0.3, 0.4) is 0 Å². The molecule has 2 heterocycles. The Balaban J connectivity index is 1.61. The fraction of sp³-hybridized carbons (Fsp3) is 0.263. The number of nitrogens with zero attached hydrogens (tertiary/aromatic N) is 2. The van der Waals surface area contributed by atoms with Crippen molar-refractivity contribution in [2.45, 2.75) is 27.0 Å². The minimum absolute atomic E-state index is 0.208. The smallest absolute Gasteiger partial charge is 0.289 e. The molecule has 0 atom stereocenters. The van der Waals surface area contributed by atoms with Crippen LogP contribution in [0.1, 0.15) is 33.3 Å². The SMILES string of the molecule is Cc1noc(C)c1CN(C)C(=O)c1ccc(COc2ccc(Br)cc2)o1. The van der Waals surface area contributed by atoms with E-state index in [1.165, 1.54) is 0 Å². The van der Waals surface area contributed by atoms with Crippen LogP contribution in [0.25, 0.3) is 0 Å². The van der Waals surface area contributed by atoms with E-state index in [-0.39, 0.29) is 18.3 Å². The van der Waals surface area contributed by atoms with Gasteiger partial charge >= 0.3 is 0 Å². The molecule has 3 aromatic rings. The Morgan fingerprint density at radius 3 is 2.58 bits per heavy atom. The van der Waals surface area contributed by atoms with Gasteiger partial charge in [0.05, 0.1) is 12.2 Å². The topological polar surface area (TPSA) is 68.7 Å². The number of hydrogen-bond donors (Lipinski definition) is 0. The maximum absolute atomic E-state index is 12.6. The number of carbonyl (C=O) groups is 1. The summed E-state index contributed by atoms with van der Waals surface area (Å²) >= 11 is 3.38. The summed E-state index contributed by atoms with van der Waals surface area (Å²) in [5.41, 5.74) is 1.69. The fourth-order valence-corrected chi connectivity index (χ4v) is 2.74. The first-order valence-electron chi connectivity index (χ1n) is 8.08. The van der Waals surface area contributed by atoms with Crippen molar-refractivity contribution < 1.29 is 18.5 Å². The molecule has 2 aromatic heterocycles.